The molecule has 0 spiro atoms. The van der Waals surface area contributed by atoms with Gasteiger partial charge in [0.2, 0.25) is 0 Å². The molecule has 0 aliphatic heterocycles. The van der Waals surface area contributed by atoms with Crippen molar-refractivity contribution in [3.05, 3.63) is 59.2 Å². The van der Waals surface area contributed by atoms with Gasteiger partial charge in [0.15, 0.2) is 0 Å². The molecule has 122 valence electrons. The number of carbonyl (C=O) groups excluding carboxylic acids is 1. The Hall–Kier alpha value is -2.49. The van der Waals surface area contributed by atoms with Crippen LogP contribution in [0.1, 0.15) is 23.6 Å². The standard InChI is InChI=1S/C19H24N2O2/c1-5-15-10-11-18(14(2)12-15)23-13-16-8-6-7-9-17(16)21(4)19(22)20-3/h6-12H,5,13H2,1-4H3,(H,20,22). The molecule has 0 atom stereocenters. The van der Waals surface area contributed by atoms with Gasteiger partial charge in [-0.1, -0.05) is 37.3 Å². The Labute approximate surface area is 138 Å². The van der Waals surface area contributed by atoms with Crippen LogP contribution in [0.2, 0.25) is 0 Å². The van der Waals surface area contributed by atoms with Gasteiger partial charge in [0.05, 0.1) is 5.69 Å². The minimum atomic E-state index is -0.152. The number of urea groups is 1. The van der Waals surface area contributed by atoms with Gasteiger partial charge in [0.25, 0.3) is 0 Å². The first-order chi connectivity index (χ1) is 11.1. The third-order valence-electron chi connectivity index (χ3n) is 3.90. The molecule has 1 N–H and O–H groups in total. The minimum absolute atomic E-state index is 0.152. The molecule has 0 fully saturated rings. The predicted octanol–water partition coefficient (Wildman–Crippen LogP) is 3.91. The summed E-state index contributed by atoms with van der Waals surface area (Å²) in [6.07, 6.45) is 1.01. The van der Waals surface area contributed by atoms with E-state index in [1.54, 1.807) is 19.0 Å². The van der Waals surface area contributed by atoms with E-state index in [0.29, 0.717) is 6.61 Å². The summed E-state index contributed by atoms with van der Waals surface area (Å²) in [6, 6.07) is 13.9. The zero-order valence-electron chi connectivity index (χ0n) is 14.2. The molecular weight excluding hydrogens is 288 g/mol. The Morgan fingerprint density at radius 3 is 2.61 bits per heavy atom. The monoisotopic (exact) mass is 312 g/mol. The molecule has 2 rings (SSSR count). The van der Waals surface area contributed by atoms with Crippen LogP contribution in [-0.2, 0) is 13.0 Å². The van der Waals surface area contributed by atoms with Gasteiger partial charge in [-0.05, 0) is 36.6 Å². The zero-order valence-corrected chi connectivity index (χ0v) is 14.2. The molecule has 23 heavy (non-hydrogen) atoms. The van der Waals surface area contributed by atoms with Gasteiger partial charge in [-0.25, -0.2) is 4.79 Å². The average molecular weight is 312 g/mol. The van der Waals surface area contributed by atoms with Crippen molar-refractivity contribution in [2.75, 3.05) is 19.0 Å². The van der Waals surface area contributed by atoms with Gasteiger partial charge in [-0.2, -0.15) is 0 Å². The normalized spacial score (nSPS) is 10.3. The van der Waals surface area contributed by atoms with E-state index in [1.807, 2.05) is 30.3 Å². The lowest BCUT2D eigenvalue weighted by Crippen LogP contribution is -2.35. The van der Waals surface area contributed by atoms with Crippen molar-refractivity contribution in [1.82, 2.24) is 5.32 Å². The summed E-state index contributed by atoms with van der Waals surface area (Å²) in [6.45, 7) is 4.61. The first kappa shape index (κ1) is 16.9. The van der Waals surface area contributed by atoms with Crippen molar-refractivity contribution in [3.8, 4) is 5.75 Å². The third-order valence-corrected chi connectivity index (χ3v) is 3.90. The summed E-state index contributed by atoms with van der Waals surface area (Å²) in [7, 11) is 3.37. The largest absolute Gasteiger partial charge is 0.489 e. The van der Waals surface area contributed by atoms with Crippen molar-refractivity contribution in [2.24, 2.45) is 0 Å². The zero-order chi connectivity index (χ0) is 16.8. The smallest absolute Gasteiger partial charge is 0.321 e. The number of para-hydroxylation sites is 1. The molecule has 2 amide bonds. The van der Waals surface area contributed by atoms with E-state index in [-0.39, 0.29) is 6.03 Å². The molecule has 2 aromatic rings. The third kappa shape index (κ3) is 4.03. The number of amides is 2. The molecule has 0 aliphatic rings. The molecule has 4 nitrogen and oxygen atoms in total. The van der Waals surface area contributed by atoms with E-state index in [0.717, 1.165) is 29.0 Å². The summed E-state index contributed by atoms with van der Waals surface area (Å²) in [4.78, 5) is 13.4. The highest BCUT2D eigenvalue weighted by Crippen LogP contribution is 2.24. The maximum Gasteiger partial charge on any atom is 0.321 e. The van der Waals surface area contributed by atoms with Crippen LogP contribution in [0.4, 0.5) is 10.5 Å². The first-order valence-electron chi connectivity index (χ1n) is 7.82. The molecule has 2 aromatic carbocycles. The summed E-state index contributed by atoms with van der Waals surface area (Å²) >= 11 is 0. The fraction of sp³-hybridized carbons (Fsp3) is 0.316. The lowest BCUT2D eigenvalue weighted by Gasteiger charge is -2.20. The van der Waals surface area contributed by atoms with Crippen molar-refractivity contribution in [2.45, 2.75) is 26.9 Å². The van der Waals surface area contributed by atoms with Crippen molar-refractivity contribution >= 4 is 11.7 Å². The Morgan fingerprint density at radius 1 is 1.22 bits per heavy atom. The van der Waals surface area contributed by atoms with Crippen LogP contribution in [0, 0.1) is 6.92 Å². The Kier molecular flexibility index (Phi) is 5.63. The SMILES string of the molecule is CCc1ccc(OCc2ccccc2N(C)C(=O)NC)c(C)c1. The molecule has 0 heterocycles. The summed E-state index contributed by atoms with van der Waals surface area (Å²) in [5, 5.41) is 2.63. The van der Waals surface area contributed by atoms with Crippen LogP contribution >= 0.6 is 0 Å². The predicted molar refractivity (Wildman–Crippen MR) is 94.2 cm³/mol. The summed E-state index contributed by atoms with van der Waals surface area (Å²) in [5.41, 5.74) is 4.24. The second kappa shape index (κ2) is 7.68. The van der Waals surface area contributed by atoms with Crippen molar-refractivity contribution in [1.29, 1.82) is 0 Å². The molecule has 0 saturated heterocycles. The number of carbonyl (C=O) groups is 1. The molecule has 4 heteroatoms. The van der Waals surface area contributed by atoms with E-state index >= 15 is 0 Å². The Balaban J connectivity index is 2.16. The number of nitrogens with zero attached hydrogens (tertiary/aromatic N) is 1. The van der Waals surface area contributed by atoms with Gasteiger partial charge >= 0.3 is 6.03 Å². The first-order valence-corrected chi connectivity index (χ1v) is 7.82. The number of aryl methyl sites for hydroxylation is 2. The van der Waals surface area contributed by atoms with Crippen molar-refractivity contribution < 1.29 is 9.53 Å². The van der Waals surface area contributed by atoms with E-state index in [9.17, 15) is 4.79 Å². The van der Waals surface area contributed by atoms with Crippen LogP contribution in [0.5, 0.6) is 5.75 Å². The van der Waals surface area contributed by atoms with E-state index in [1.165, 1.54) is 5.56 Å². The second-order valence-electron chi connectivity index (χ2n) is 5.48. The molecule has 0 unspecified atom stereocenters. The number of ether oxygens (including phenoxy) is 1. The maximum absolute atomic E-state index is 11.8. The van der Waals surface area contributed by atoms with E-state index in [2.05, 4.69) is 31.3 Å². The molecule has 0 radical (unpaired) electrons. The van der Waals surface area contributed by atoms with E-state index in [4.69, 9.17) is 4.74 Å². The van der Waals surface area contributed by atoms with E-state index < -0.39 is 0 Å². The van der Waals surface area contributed by atoms with Gasteiger partial charge in [-0.15, -0.1) is 0 Å². The average Bonchev–Trinajstić information content (AvgIpc) is 2.59. The van der Waals surface area contributed by atoms with Gasteiger partial charge in [0.1, 0.15) is 12.4 Å². The minimum Gasteiger partial charge on any atom is -0.489 e. The van der Waals surface area contributed by atoms with Crippen LogP contribution in [0.25, 0.3) is 0 Å². The topological polar surface area (TPSA) is 41.6 Å². The highest BCUT2D eigenvalue weighted by molar-refractivity contribution is 5.91. The summed E-state index contributed by atoms with van der Waals surface area (Å²) in [5.74, 6) is 0.875. The Bertz CT molecular complexity index is 683. The number of anilines is 1. The molecule has 0 aliphatic carbocycles. The number of benzene rings is 2. The lowest BCUT2D eigenvalue weighted by molar-refractivity contribution is 0.249. The molecule has 0 aromatic heterocycles. The van der Waals surface area contributed by atoms with Gasteiger partial charge < -0.3 is 10.1 Å². The van der Waals surface area contributed by atoms with Crippen LogP contribution in [0.15, 0.2) is 42.5 Å². The van der Waals surface area contributed by atoms with Crippen LogP contribution in [-0.4, -0.2) is 20.1 Å². The van der Waals surface area contributed by atoms with Crippen molar-refractivity contribution in [3.63, 3.8) is 0 Å². The quantitative estimate of drug-likeness (QED) is 0.909. The molecular formula is C19H24N2O2. The van der Waals surface area contributed by atoms with Gasteiger partial charge in [0, 0.05) is 19.7 Å². The maximum atomic E-state index is 11.8. The lowest BCUT2D eigenvalue weighted by atomic mass is 10.1. The van der Waals surface area contributed by atoms with Crippen LogP contribution < -0.4 is 15.0 Å². The number of nitrogens with one attached hydrogen (secondary N) is 1. The van der Waals surface area contributed by atoms with Crippen LogP contribution in [0.3, 0.4) is 0 Å². The fourth-order valence-electron chi connectivity index (χ4n) is 2.49. The fourth-order valence-corrected chi connectivity index (χ4v) is 2.49. The highest BCUT2D eigenvalue weighted by atomic mass is 16.5. The number of hydrogen-bond acceptors (Lipinski definition) is 2. The van der Waals surface area contributed by atoms with Gasteiger partial charge in [-0.3, -0.25) is 4.90 Å². The highest BCUT2D eigenvalue weighted by Gasteiger charge is 2.13. The molecule has 0 saturated carbocycles. The molecule has 0 bridgehead atoms. The number of hydrogen-bond donors (Lipinski definition) is 1. The summed E-state index contributed by atoms with van der Waals surface area (Å²) < 4.78 is 5.97. The number of rotatable bonds is 5. The Morgan fingerprint density at radius 2 is 1.96 bits per heavy atom. The second-order valence-corrected chi connectivity index (χ2v) is 5.48.